The summed E-state index contributed by atoms with van der Waals surface area (Å²) in [6, 6.07) is 26.8. The van der Waals surface area contributed by atoms with Gasteiger partial charge in [-0.3, -0.25) is 9.59 Å². The lowest BCUT2D eigenvalue weighted by Crippen LogP contribution is -2.38. The van der Waals surface area contributed by atoms with Crippen LogP contribution >= 0.6 is 0 Å². The van der Waals surface area contributed by atoms with Crippen molar-refractivity contribution in [3.8, 4) is 0 Å². The number of piperidine rings is 1. The van der Waals surface area contributed by atoms with Gasteiger partial charge in [0.1, 0.15) is 0 Å². The second-order valence-corrected chi connectivity index (χ2v) is 7.83. The molecular weight excluding hydrogens is 372 g/mol. The molecule has 3 aromatic rings. The Labute approximate surface area is 177 Å². The van der Waals surface area contributed by atoms with Crippen LogP contribution in [0.2, 0.25) is 0 Å². The first-order valence-electron chi connectivity index (χ1n) is 10.5. The summed E-state index contributed by atoms with van der Waals surface area (Å²) in [6.45, 7) is 1.55. The van der Waals surface area contributed by atoms with Crippen LogP contribution in [0.5, 0.6) is 0 Å². The molecule has 1 heterocycles. The molecule has 1 aliphatic rings. The normalized spacial score (nSPS) is 14.3. The number of rotatable bonds is 5. The molecule has 152 valence electrons. The lowest BCUT2D eigenvalue weighted by Gasteiger charge is -2.32. The summed E-state index contributed by atoms with van der Waals surface area (Å²) in [5.74, 6) is 0.471. The molecule has 4 rings (SSSR count). The number of benzene rings is 3. The van der Waals surface area contributed by atoms with E-state index in [0.29, 0.717) is 22.7 Å². The van der Waals surface area contributed by atoms with Crippen LogP contribution in [-0.2, 0) is 6.42 Å². The number of hydrogen-bond donors (Lipinski definition) is 1. The Bertz CT molecular complexity index is 994. The van der Waals surface area contributed by atoms with Gasteiger partial charge in [0.05, 0.1) is 0 Å². The van der Waals surface area contributed by atoms with Crippen LogP contribution in [0.3, 0.4) is 0 Å². The molecule has 4 heteroatoms. The fourth-order valence-electron chi connectivity index (χ4n) is 3.99. The van der Waals surface area contributed by atoms with Gasteiger partial charge >= 0.3 is 0 Å². The zero-order valence-corrected chi connectivity index (χ0v) is 17.0. The van der Waals surface area contributed by atoms with Crippen molar-refractivity contribution in [3.63, 3.8) is 0 Å². The average Bonchev–Trinajstić information content (AvgIpc) is 2.80. The number of amides is 2. The Kier molecular flexibility index (Phi) is 6.23. The molecule has 0 aromatic heterocycles. The molecule has 1 saturated heterocycles. The van der Waals surface area contributed by atoms with Crippen molar-refractivity contribution in [2.75, 3.05) is 18.4 Å². The van der Waals surface area contributed by atoms with E-state index in [0.717, 1.165) is 32.4 Å². The van der Waals surface area contributed by atoms with Crippen molar-refractivity contribution >= 4 is 17.5 Å². The minimum atomic E-state index is -0.179. The highest BCUT2D eigenvalue weighted by atomic mass is 16.2. The first-order valence-corrected chi connectivity index (χ1v) is 10.5. The van der Waals surface area contributed by atoms with E-state index in [9.17, 15) is 9.59 Å². The molecular formula is C26H26N2O2. The van der Waals surface area contributed by atoms with Gasteiger partial charge in [0.15, 0.2) is 0 Å². The molecule has 1 fully saturated rings. The second-order valence-electron chi connectivity index (χ2n) is 7.83. The van der Waals surface area contributed by atoms with E-state index in [2.05, 4.69) is 29.6 Å². The maximum absolute atomic E-state index is 13.0. The number of nitrogens with zero attached hydrogens (tertiary/aromatic N) is 1. The van der Waals surface area contributed by atoms with Gasteiger partial charge in [0.2, 0.25) is 0 Å². The van der Waals surface area contributed by atoms with Gasteiger partial charge in [-0.15, -0.1) is 0 Å². The predicted molar refractivity (Wildman–Crippen MR) is 120 cm³/mol. The Morgan fingerprint density at radius 1 is 0.800 bits per heavy atom. The highest BCUT2D eigenvalue weighted by molar-refractivity contribution is 6.05. The van der Waals surface area contributed by atoms with Crippen LogP contribution < -0.4 is 5.32 Å². The smallest absolute Gasteiger partial charge is 0.255 e. The fraction of sp³-hybridized carbons (Fsp3) is 0.231. The second kappa shape index (κ2) is 9.40. The first-order chi connectivity index (χ1) is 14.7. The number of carbonyl (C=O) groups is 2. The minimum absolute atomic E-state index is 0.0315. The molecule has 1 N–H and O–H groups in total. The zero-order chi connectivity index (χ0) is 20.8. The Hall–Kier alpha value is -3.40. The summed E-state index contributed by atoms with van der Waals surface area (Å²) < 4.78 is 0. The molecule has 0 spiro atoms. The molecule has 0 unspecified atom stereocenters. The van der Waals surface area contributed by atoms with Gasteiger partial charge in [-0.25, -0.2) is 0 Å². The molecule has 30 heavy (non-hydrogen) atoms. The lowest BCUT2D eigenvalue weighted by atomic mass is 9.90. The molecule has 3 aromatic carbocycles. The molecule has 2 amide bonds. The maximum atomic E-state index is 13.0. The third-order valence-corrected chi connectivity index (χ3v) is 5.67. The number of anilines is 1. The Balaban J connectivity index is 1.35. The van der Waals surface area contributed by atoms with E-state index >= 15 is 0 Å². The van der Waals surface area contributed by atoms with Crippen LogP contribution in [0.25, 0.3) is 0 Å². The summed E-state index contributed by atoms with van der Waals surface area (Å²) in [6.07, 6.45) is 3.11. The predicted octanol–water partition coefficient (Wildman–Crippen LogP) is 5.03. The summed E-state index contributed by atoms with van der Waals surface area (Å²) in [5.41, 5.74) is 3.20. The largest absolute Gasteiger partial charge is 0.339 e. The molecule has 0 bridgehead atoms. The summed E-state index contributed by atoms with van der Waals surface area (Å²) in [7, 11) is 0. The lowest BCUT2D eigenvalue weighted by molar-refractivity contribution is 0.0690. The van der Waals surface area contributed by atoms with Crippen molar-refractivity contribution in [3.05, 3.63) is 102 Å². The third kappa shape index (κ3) is 4.95. The van der Waals surface area contributed by atoms with Crippen LogP contribution in [0, 0.1) is 5.92 Å². The Morgan fingerprint density at radius 2 is 1.43 bits per heavy atom. The topological polar surface area (TPSA) is 49.4 Å². The monoisotopic (exact) mass is 398 g/mol. The molecule has 1 aliphatic heterocycles. The highest BCUT2D eigenvalue weighted by Gasteiger charge is 2.24. The average molecular weight is 399 g/mol. The van der Waals surface area contributed by atoms with Crippen LogP contribution in [0.1, 0.15) is 39.1 Å². The highest BCUT2D eigenvalue weighted by Crippen LogP contribution is 2.23. The van der Waals surface area contributed by atoms with Crippen molar-refractivity contribution in [1.29, 1.82) is 0 Å². The number of likely N-dealkylation sites (tertiary alicyclic amines) is 1. The summed E-state index contributed by atoms with van der Waals surface area (Å²) >= 11 is 0. The Morgan fingerprint density at radius 3 is 2.13 bits per heavy atom. The first kappa shape index (κ1) is 19.9. The number of hydrogen-bond acceptors (Lipinski definition) is 2. The van der Waals surface area contributed by atoms with Crippen molar-refractivity contribution in [2.45, 2.75) is 19.3 Å². The molecule has 0 aliphatic carbocycles. The zero-order valence-electron chi connectivity index (χ0n) is 17.0. The van der Waals surface area contributed by atoms with Gasteiger partial charge in [0.25, 0.3) is 11.8 Å². The van der Waals surface area contributed by atoms with E-state index < -0.39 is 0 Å². The molecule has 0 atom stereocenters. The SMILES string of the molecule is O=C(Nc1cccc(C(=O)N2CCC(Cc3ccccc3)CC2)c1)c1ccccc1. The van der Waals surface area contributed by atoms with Crippen molar-refractivity contribution < 1.29 is 9.59 Å². The quantitative estimate of drug-likeness (QED) is 0.655. The van der Waals surface area contributed by atoms with Crippen LogP contribution in [0.4, 0.5) is 5.69 Å². The maximum Gasteiger partial charge on any atom is 0.255 e. The van der Waals surface area contributed by atoms with Crippen LogP contribution in [0.15, 0.2) is 84.9 Å². The summed E-state index contributed by atoms with van der Waals surface area (Å²) in [4.78, 5) is 27.3. The van der Waals surface area contributed by atoms with E-state index in [1.165, 1.54) is 5.56 Å². The van der Waals surface area contributed by atoms with Crippen molar-refractivity contribution in [1.82, 2.24) is 4.90 Å². The van der Waals surface area contributed by atoms with Gasteiger partial charge in [-0.1, -0.05) is 54.6 Å². The minimum Gasteiger partial charge on any atom is -0.339 e. The van der Waals surface area contributed by atoms with Crippen molar-refractivity contribution in [2.24, 2.45) is 5.92 Å². The number of nitrogens with one attached hydrogen (secondary N) is 1. The fourth-order valence-corrected chi connectivity index (χ4v) is 3.99. The van der Waals surface area contributed by atoms with Gasteiger partial charge in [-0.05, 0) is 61.1 Å². The van der Waals surface area contributed by atoms with E-state index in [1.807, 2.05) is 47.4 Å². The van der Waals surface area contributed by atoms with Gasteiger partial charge in [-0.2, -0.15) is 0 Å². The van der Waals surface area contributed by atoms with E-state index in [-0.39, 0.29) is 11.8 Å². The van der Waals surface area contributed by atoms with E-state index in [4.69, 9.17) is 0 Å². The standard InChI is InChI=1S/C26H26N2O2/c29-25(22-10-5-2-6-11-22)27-24-13-7-12-23(19-24)26(30)28-16-14-21(15-17-28)18-20-8-3-1-4-9-20/h1-13,19,21H,14-18H2,(H,27,29). The number of carbonyl (C=O) groups excluding carboxylic acids is 2. The van der Waals surface area contributed by atoms with Gasteiger partial charge in [0, 0.05) is 29.9 Å². The van der Waals surface area contributed by atoms with Crippen LogP contribution in [-0.4, -0.2) is 29.8 Å². The summed E-state index contributed by atoms with van der Waals surface area (Å²) in [5, 5.41) is 2.88. The van der Waals surface area contributed by atoms with Gasteiger partial charge < -0.3 is 10.2 Å². The molecule has 0 radical (unpaired) electrons. The third-order valence-electron chi connectivity index (χ3n) is 5.67. The van der Waals surface area contributed by atoms with E-state index in [1.54, 1.807) is 18.2 Å². The molecule has 4 nitrogen and oxygen atoms in total. The molecule has 0 saturated carbocycles.